The Morgan fingerprint density at radius 1 is 1.12 bits per heavy atom. The lowest BCUT2D eigenvalue weighted by Crippen LogP contribution is -2.28. The van der Waals surface area contributed by atoms with E-state index in [0.29, 0.717) is 34.8 Å². The van der Waals surface area contributed by atoms with Gasteiger partial charge in [-0.15, -0.1) is 0 Å². The number of para-hydroxylation sites is 1. The Morgan fingerprint density at radius 2 is 1.94 bits per heavy atom. The number of carbonyl (C=O) groups is 1. The average Bonchev–Trinajstić information content (AvgIpc) is 2.80. The quantitative estimate of drug-likeness (QED) is 0.398. The summed E-state index contributed by atoms with van der Waals surface area (Å²) >= 11 is 3.41. The van der Waals surface area contributed by atoms with Gasteiger partial charge in [-0.3, -0.25) is 14.6 Å². The summed E-state index contributed by atoms with van der Waals surface area (Å²) in [6, 6.07) is 17.5. The second-order valence-corrected chi connectivity index (χ2v) is 7.75. The molecule has 0 unspecified atom stereocenters. The molecule has 0 aliphatic carbocycles. The molecule has 2 aromatic heterocycles. The molecule has 0 fully saturated rings. The van der Waals surface area contributed by atoms with Crippen LogP contribution in [-0.4, -0.2) is 17.5 Å². The fourth-order valence-electron chi connectivity index (χ4n) is 3.01. The van der Waals surface area contributed by atoms with Crippen LogP contribution in [0.1, 0.15) is 11.5 Å². The van der Waals surface area contributed by atoms with Crippen LogP contribution in [0.15, 0.2) is 80.5 Å². The molecule has 4 aromatic rings. The van der Waals surface area contributed by atoms with Crippen LogP contribution in [0.4, 0.5) is 0 Å². The van der Waals surface area contributed by atoms with Crippen LogP contribution in [0.2, 0.25) is 0 Å². The highest BCUT2D eigenvalue weighted by atomic mass is 79.9. The van der Waals surface area contributed by atoms with Gasteiger partial charge in [-0.25, -0.2) is 0 Å². The number of halogens is 1. The van der Waals surface area contributed by atoms with E-state index in [1.807, 2.05) is 36.4 Å². The Labute approximate surface area is 192 Å². The summed E-state index contributed by atoms with van der Waals surface area (Å²) in [7, 11) is 0. The van der Waals surface area contributed by atoms with E-state index in [0.717, 1.165) is 10.2 Å². The van der Waals surface area contributed by atoms with Gasteiger partial charge in [0.2, 0.25) is 11.2 Å². The third kappa shape index (κ3) is 4.97. The van der Waals surface area contributed by atoms with Crippen LogP contribution in [0, 0.1) is 6.92 Å². The molecule has 7 nitrogen and oxygen atoms in total. The summed E-state index contributed by atoms with van der Waals surface area (Å²) < 4.78 is 17.9. The Kier molecular flexibility index (Phi) is 6.51. The number of carbonyl (C=O) groups excluding carboxylic acids is 1. The molecule has 1 amide bonds. The minimum Gasteiger partial charge on any atom is -0.484 e. The average molecular weight is 495 g/mol. The molecular weight excluding hydrogens is 476 g/mol. The van der Waals surface area contributed by atoms with E-state index >= 15 is 0 Å². The number of nitrogens with one attached hydrogen (secondary N) is 1. The Morgan fingerprint density at radius 3 is 2.72 bits per heavy atom. The lowest BCUT2D eigenvalue weighted by atomic mass is 10.2. The third-order valence-electron chi connectivity index (χ3n) is 4.60. The van der Waals surface area contributed by atoms with Crippen molar-refractivity contribution in [1.82, 2.24) is 10.3 Å². The van der Waals surface area contributed by atoms with Gasteiger partial charge < -0.3 is 19.2 Å². The Hall–Kier alpha value is -3.65. The number of pyridine rings is 1. The van der Waals surface area contributed by atoms with Gasteiger partial charge in [0.1, 0.15) is 22.8 Å². The predicted octanol–water partition coefficient (Wildman–Crippen LogP) is 4.75. The van der Waals surface area contributed by atoms with Crippen molar-refractivity contribution in [2.45, 2.75) is 13.5 Å². The van der Waals surface area contributed by atoms with Gasteiger partial charge >= 0.3 is 0 Å². The molecule has 162 valence electrons. The molecule has 1 N–H and O–H groups in total. The number of hydrogen-bond acceptors (Lipinski definition) is 6. The normalized spacial score (nSPS) is 10.7. The number of aryl methyl sites for hydroxylation is 1. The summed E-state index contributed by atoms with van der Waals surface area (Å²) in [5, 5.41) is 3.09. The Balaban J connectivity index is 1.46. The summed E-state index contributed by atoms with van der Waals surface area (Å²) in [4.78, 5) is 29.1. The second kappa shape index (κ2) is 9.65. The zero-order valence-corrected chi connectivity index (χ0v) is 18.7. The van der Waals surface area contributed by atoms with Gasteiger partial charge in [-0.05, 0) is 59.3 Å². The minimum atomic E-state index is -0.292. The van der Waals surface area contributed by atoms with Crippen LogP contribution < -0.4 is 20.2 Å². The standard InChI is InChI=1S/C24H19BrN2O5/c1-15-24(32-20-8-3-2-7-19(20)25)23(29)18-10-9-17(12-21(18)31-15)30-14-22(28)27-13-16-6-4-5-11-26-16/h2-12H,13-14H2,1H3,(H,27,28). The molecule has 4 rings (SSSR count). The van der Waals surface area contributed by atoms with Crippen molar-refractivity contribution in [3.63, 3.8) is 0 Å². The smallest absolute Gasteiger partial charge is 0.258 e. The van der Waals surface area contributed by atoms with Crippen molar-refractivity contribution in [1.29, 1.82) is 0 Å². The van der Waals surface area contributed by atoms with Crippen molar-refractivity contribution >= 4 is 32.8 Å². The van der Waals surface area contributed by atoms with Crippen LogP contribution in [-0.2, 0) is 11.3 Å². The largest absolute Gasteiger partial charge is 0.484 e. The molecule has 2 aromatic carbocycles. The number of benzene rings is 2. The first kappa shape index (κ1) is 21.6. The van der Waals surface area contributed by atoms with E-state index in [2.05, 4.69) is 26.2 Å². The molecule has 0 aliphatic heterocycles. The van der Waals surface area contributed by atoms with Crippen LogP contribution in [0.3, 0.4) is 0 Å². The van der Waals surface area contributed by atoms with Crippen molar-refractivity contribution in [3.8, 4) is 17.2 Å². The van der Waals surface area contributed by atoms with Gasteiger partial charge in [0.25, 0.3) is 5.91 Å². The maximum Gasteiger partial charge on any atom is 0.258 e. The van der Waals surface area contributed by atoms with Crippen molar-refractivity contribution in [2.24, 2.45) is 0 Å². The van der Waals surface area contributed by atoms with Gasteiger partial charge in [-0.2, -0.15) is 0 Å². The van der Waals surface area contributed by atoms with Gasteiger partial charge in [0.05, 0.1) is 22.1 Å². The topological polar surface area (TPSA) is 90.7 Å². The first-order valence-electron chi connectivity index (χ1n) is 9.80. The molecule has 0 saturated heterocycles. The molecule has 0 radical (unpaired) electrons. The van der Waals surface area contributed by atoms with Crippen molar-refractivity contribution < 1.29 is 18.7 Å². The third-order valence-corrected chi connectivity index (χ3v) is 5.25. The highest BCUT2D eigenvalue weighted by molar-refractivity contribution is 9.10. The van der Waals surface area contributed by atoms with E-state index in [-0.39, 0.29) is 23.7 Å². The first-order valence-corrected chi connectivity index (χ1v) is 10.6. The highest BCUT2D eigenvalue weighted by Crippen LogP contribution is 2.31. The summed E-state index contributed by atoms with van der Waals surface area (Å²) in [5.74, 6) is 1.09. The molecule has 0 atom stereocenters. The maximum atomic E-state index is 13.0. The van der Waals surface area contributed by atoms with Gasteiger partial charge in [0.15, 0.2) is 6.61 Å². The van der Waals surface area contributed by atoms with E-state index in [4.69, 9.17) is 13.9 Å². The number of aromatic nitrogens is 1. The van der Waals surface area contributed by atoms with E-state index in [1.165, 1.54) is 0 Å². The fourth-order valence-corrected chi connectivity index (χ4v) is 3.37. The first-order chi connectivity index (χ1) is 15.5. The zero-order chi connectivity index (χ0) is 22.5. The lowest BCUT2D eigenvalue weighted by Gasteiger charge is -2.11. The van der Waals surface area contributed by atoms with Gasteiger partial charge in [0, 0.05) is 12.3 Å². The van der Waals surface area contributed by atoms with Gasteiger partial charge in [-0.1, -0.05) is 18.2 Å². The molecular formula is C24H19BrN2O5. The maximum absolute atomic E-state index is 13.0. The zero-order valence-electron chi connectivity index (χ0n) is 17.1. The molecule has 2 heterocycles. The van der Waals surface area contributed by atoms with Crippen LogP contribution >= 0.6 is 15.9 Å². The van der Waals surface area contributed by atoms with E-state index in [1.54, 1.807) is 37.4 Å². The SMILES string of the molecule is Cc1oc2cc(OCC(=O)NCc3ccccn3)ccc2c(=O)c1Oc1ccccc1Br. The molecule has 0 saturated carbocycles. The number of fused-ring (bicyclic) bond motifs is 1. The summed E-state index contributed by atoms with van der Waals surface area (Å²) in [5.41, 5.74) is 0.807. The summed E-state index contributed by atoms with van der Waals surface area (Å²) in [6.07, 6.45) is 1.66. The summed E-state index contributed by atoms with van der Waals surface area (Å²) in [6.45, 7) is 1.80. The highest BCUT2D eigenvalue weighted by Gasteiger charge is 2.16. The molecule has 32 heavy (non-hydrogen) atoms. The minimum absolute atomic E-state index is 0.118. The molecule has 0 aliphatic rings. The van der Waals surface area contributed by atoms with Crippen molar-refractivity contribution in [3.05, 3.63) is 93.0 Å². The van der Waals surface area contributed by atoms with E-state index in [9.17, 15) is 9.59 Å². The number of amides is 1. The monoisotopic (exact) mass is 494 g/mol. The predicted molar refractivity (Wildman–Crippen MR) is 123 cm³/mol. The number of rotatable bonds is 7. The lowest BCUT2D eigenvalue weighted by molar-refractivity contribution is -0.123. The van der Waals surface area contributed by atoms with E-state index < -0.39 is 0 Å². The molecule has 0 bridgehead atoms. The van der Waals surface area contributed by atoms with Crippen molar-refractivity contribution in [2.75, 3.05) is 6.61 Å². The van der Waals surface area contributed by atoms with Crippen LogP contribution in [0.25, 0.3) is 11.0 Å². The number of nitrogens with zero attached hydrogens (tertiary/aromatic N) is 1. The molecule has 8 heteroatoms. The Bertz CT molecular complexity index is 1320. The second-order valence-electron chi connectivity index (χ2n) is 6.89. The number of hydrogen-bond donors (Lipinski definition) is 1. The fraction of sp³-hybridized carbons (Fsp3) is 0.125. The van der Waals surface area contributed by atoms with Crippen LogP contribution in [0.5, 0.6) is 17.2 Å². The number of ether oxygens (including phenoxy) is 2. The molecule has 0 spiro atoms.